The Morgan fingerprint density at radius 3 is 0.753 bits per heavy atom. The van der Waals surface area contributed by atoms with E-state index >= 15 is 0 Å². The average Bonchev–Trinajstić information content (AvgIpc) is 3.47. The van der Waals surface area contributed by atoms with E-state index in [4.69, 9.17) is 14.2 Å². The van der Waals surface area contributed by atoms with Crippen LogP contribution in [0.3, 0.4) is 0 Å². The molecule has 1 unspecified atom stereocenters. The zero-order chi connectivity index (χ0) is 58.5. The van der Waals surface area contributed by atoms with E-state index in [0.29, 0.717) is 19.3 Å². The fourth-order valence-electron chi connectivity index (χ4n) is 10.7. The van der Waals surface area contributed by atoms with Crippen molar-refractivity contribution in [1.82, 2.24) is 0 Å². The maximum absolute atomic E-state index is 13.0. The number of unbranched alkanes of at least 4 members (excludes halogenated alkanes) is 45. The lowest BCUT2D eigenvalue weighted by Crippen LogP contribution is -2.30. The number of hydrogen-bond acceptors (Lipinski definition) is 6. The van der Waals surface area contributed by atoms with Crippen LogP contribution in [0.15, 0.2) is 60.8 Å². The summed E-state index contributed by atoms with van der Waals surface area (Å²) in [6.45, 7) is 6.58. The van der Waals surface area contributed by atoms with Crippen LogP contribution in [0.25, 0.3) is 0 Å². The van der Waals surface area contributed by atoms with Gasteiger partial charge in [0, 0.05) is 19.3 Å². The van der Waals surface area contributed by atoms with Crippen molar-refractivity contribution in [3.8, 4) is 0 Å². The van der Waals surface area contributed by atoms with Crippen molar-refractivity contribution in [2.24, 2.45) is 0 Å². The molecule has 472 valence electrons. The highest BCUT2D eigenvalue weighted by molar-refractivity contribution is 5.71. The highest BCUT2D eigenvalue weighted by Crippen LogP contribution is 2.19. The van der Waals surface area contributed by atoms with E-state index in [9.17, 15) is 14.4 Å². The van der Waals surface area contributed by atoms with Gasteiger partial charge in [-0.3, -0.25) is 14.4 Å². The molecule has 0 N–H and O–H groups in total. The molecule has 0 aromatic heterocycles. The van der Waals surface area contributed by atoms with E-state index in [-0.39, 0.29) is 31.1 Å². The molecule has 0 aliphatic carbocycles. The van der Waals surface area contributed by atoms with Crippen LogP contribution in [0.4, 0.5) is 0 Å². The summed E-state index contributed by atoms with van der Waals surface area (Å²) in [4.78, 5) is 38.4. The molecule has 0 aliphatic heterocycles. The summed E-state index contributed by atoms with van der Waals surface area (Å²) in [5, 5.41) is 0. The lowest BCUT2D eigenvalue weighted by Gasteiger charge is -2.18. The molecule has 0 heterocycles. The molecule has 0 rings (SSSR count). The van der Waals surface area contributed by atoms with Crippen LogP contribution in [0.1, 0.15) is 380 Å². The van der Waals surface area contributed by atoms with Crippen molar-refractivity contribution in [3.63, 3.8) is 0 Å². The molecule has 0 radical (unpaired) electrons. The van der Waals surface area contributed by atoms with Crippen molar-refractivity contribution in [2.75, 3.05) is 13.2 Å². The Hall–Kier alpha value is -2.89. The Kier molecular flexibility index (Phi) is 67.1. The van der Waals surface area contributed by atoms with Crippen molar-refractivity contribution in [3.05, 3.63) is 60.8 Å². The largest absolute Gasteiger partial charge is 0.462 e. The lowest BCUT2D eigenvalue weighted by atomic mass is 10.0. The van der Waals surface area contributed by atoms with Gasteiger partial charge in [-0.05, 0) is 64.2 Å². The molecule has 1 atom stereocenters. The number of hydrogen-bond donors (Lipinski definition) is 0. The van der Waals surface area contributed by atoms with Crippen LogP contribution in [-0.2, 0) is 28.6 Å². The van der Waals surface area contributed by atoms with Crippen molar-refractivity contribution >= 4 is 17.9 Å². The minimum atomic E-state index is -0.772. The van der Waals surface area contributed by atoms with Gasteiger partial charge in [0.2, 0.25) is 0 Å². The summed E-state index contributed by atoms with van der Waals surface area (Å²) in [5.41, 5.74) is 0. The fourth-order valence-corrected chi connectivity index (χ4v) is 10.7. The Labute approximate surface area is 504 Å². The normalized spacial score (nSPS) is 12.4. The van der Waals surface area contributed by atoms with Crippen LogP contribution >= 0.6 is 0 Å². The molecular weight excluding hydrogens is 997 g/mol. The molecule has 0 fully saturated rings. The molecule has 0 aromatic rings. The fraction of sp³-hybridized carbons (Fsp3) is 0.827. The van der Waals surface area contributed by atoms with Gasteiger partial charge in [0.05, 0.1) is 0 Å². The summed E-state index contributed by atoms with van der Waals surface area (Å²) in [6, 6.07) is 0. The Balaban J connectivity index is 4.19. The third kappa shape index (κ3) is 67.8. The second-order valence-electron chi connectivity index (χ2n) is 24.1. The number of allylic oxidation sites excluding steroid dienone is 10. The topological polar surface area (TPSA) is 78.9 Å². The van der Waals surface area contributed by atoms with Gasteiger partial charge in [-0.15, -0.1) is 0 Å². The van der Waals surface area contributed by atoms with Crippen LogP contribution in [0.5, 0.6) is 0 Å². The van der Waals surface area contributed by atoms with E-state index in [0.717, 1.165) is 89.9 Å². The summed E-state index contributed by atoms with van der Waals surface area (Å²) < 4.78 is 17.0. The van der Waals surface area contributed by atoms with Crippen LogP contribution in [0.2, 0.25) is 0 Å². The maximum Gasteiger partial charge on any atom is 0.306 e. The second-order valence-corrected chi connectivity index (χ2v) is 24.1. The number of carbonyl (C=O) groups is 3. The summed E-state index contributed by atoms with van der Waals surface area (Å²) >= 11 is 0. The van der Waals surface area contributed by atoms with Crippen LogP contribution < -0.4 is 0 Å². The Bertz CT molecular complexity index is 1440. The highest BCUT2D eigenvalue weighted by Gasteiger charge is 2.19. The maximum atomic E-state index is 13.0. The third-order valence-corrected chi connectivity index (χ3v) is 16.0. The molecule has 0 aromatic carbocycles. The first-order chi connectivity index (χ1) is 40.0. The van der Waals surface area contributed by atoms with E-state index in [1.54, 1.807) is 0 Å². The SMILES string of the molecule is CC/C=C\C/C=C\C/C=C\C/C=C\C/C=C\CCCCCCCCCCCCCC(=O)OCC(COC(=O)CCCCCCCCCCCCC)OC(=O)CCCCCCCCCCCCCCCCCCCCCCCCCCC. The van der Waals surface area contributed by atoms with E-state index < -0.39 is 6.10 Å². The van der Waals surface area contributed by atoms with Crippen LogP contribution in [0, 0.1) is 0 Å². The first-order valence-electron chi connectivity index (χ1n) is 35.8. The average molecular weight is 1130 g/mol. The quantitative estimate of drug-likeness (QED) is 0.0261. The van der Waals surface area contributed by atoms with Crippen molar-refractivity contribution < 1.29 is 28.6 Å². The molecular formula is C75H136O6. The molecule has 0 aliphatic rings. The zero-order valence-corrected chi connectivity index (χ0v) is 54.3. The summed E-state index contributed by atoms with van der Waals surface area (Å²) in [7, 11) is 0. The first kappa shape index (κ1) is 78.1. The van der Waals surface area contributed by atoms with Gasteiger partial charge in [0.25, 0.3) is 0 Å². The number of esters is 3. The smallest absolute Gasteiger partial charge is 0.306 e. The zero-order valence-electron chi connectivity index (χ0n) is 54.3. The molecule has 0 bridgehead atoms. The monoisotopic (exact) mass is 1130 g/mol. The Morgan fingerprint density at radius 1 is 0.259 bits per heavy atom. The summed E-state index contributed by atoms with van der Waals surface area (Å²) in [5.74, 6) is -0.847. The second kappa shape index (κ2) is 69.6. The predicted molar refractivity (Wildman–Crippen MR) is 353 cm³/mol. The molecule has 0 saturated carbocycles. The Morgan fingerprint density at radius 2 is 0.481 bits per heavy atom. The van der Waals surface area contributed by atoms with Gasteiger partial charge < -0.3 is 14.2 Å². The summed E-state index contributed by atoms with van der Waals surface area (Å²) in [6.07, 6.45) is 89.7. The van der Waals surface area contributed by atoms with Gasteiger partial charge >= 0.3 is 17.9 Å². The standard InChI is InChI=1S/C75H136O6/c1-4-7-10-13-16-19-22-24-26-28-30-32-34-36-37-39-40-42-44-46-48-50-53-56-59-62-65-68-74(77)80-71-72(70-79-73(76)67-64-61-58-55-52-21-18-15-12-9-6-3)81-75(78)69-66-63-60-57-54-51-49-47-45-43-41-38-35-33-31-29-27-25-23-20-17-14-11-8-5-2/h7,10,16,19,24,26,30,32,36-37,72H,4-6,8-9,11-15,17-18,20-23,25,27-29,31,33-35,38-71H2,1-3H3/b10-7-,19-16-,26-24-,32-30-,37-36-. The third-order valence-electron chi connectivity index (χ3n) is 16.0. The van der Waals surface area contributed by atoms with Gasteiger partial charge in [-0.2, -0.15) is 0 Å². The van der Waals surface area contributed by atoms with Gasteiger partial charge in [-0.25, -0.2) is 0 Å². The molecule has 0 spiro atoms. The molecule has 6 heteroatoms. The van der Waals surface area contributed by atoms with E-state index in [1.807, 2.05) is 0 Å². The molecule has 0 saturated heterocycles. The van der Waals surface area contributed by atoms with Crippen LogP contribution in [-0.4, -0.2) is 37.2 Å². The van der Waals surface area contributed by atoms with E-state index in [2.05, 4.69) is 81.5 Å². The number of rotatable bonds is 66. The molecule has 81 heavy (non-hydrogen) atoms. The van der Waals surface area contributed by atoms with Crippen molar-refractivity contribution in [1.29, 1.82) is 0 Å². The van der Waals surface area contributed by atoms with Gasteiger partial charge in [-0.1, -0.05) is 358 Å². The molecule has 0 amide bonds. The highest BCUT2D eigenvalue weighted by atomic mass is 16.6. The lowest BCUT2D eigenvalue weighted by molar-refractivity contribution is -0.167. The molecule has 6 nitrogen and oxygen atoms in total. The van der Waals surface area contributed by atoms with E-state index in [1.165, 1.54) is 250 Å². The van der Waals surface area contributed by atoms with Gasteiger partial charge in [0.15, 0.2) is 6.10 Å². The van der Waals surface area contributed by atoms with Crippen molar-refractivity contribution in [2.45, 2.75) is 386 Å². The first-order valence-corrected chi connectivity index (χ1v) is 35.8. The number of carbonyl (C=O) groups excluding carboxylic acids is 3. The minimum absolute atomic E-state index is 0.0690. The van der Waals surface area contributed by atoms with Gasteiger partial charge in [0.1, 0.15) is 13.2 Å². The number of ether oxygens (including phenoxy) is 3. The predicted octanol–water partition coefficient (Wildman–Crippen LogP) is 24.7. The minimum Gasteiger partial charge on any atom is -0.462 e.